The smallest absolute Gasteiger partial charge is 0.471 e. The highest BCUT2D eigenvalue weighted by atomic mass is 19.4. The highest BCUT2D eigenvalue weighted by Gasteiger charge is 2.46. The van der Waals surface area contributed by atoms with Crippen molar-refractivity contribution in [1.29, 1.82) is 0 Å². The van der Waals surface area contributed by atoms with Crippen LogP contribution in [0.15, 0.2) is 53.7 Å². The molecule has 14 nitrogen and oxygen atoms in total. The number of ether oxygens (including phenoxy) is 4. The monoisotopic (exact) mass is 652 g/mol. The van der Waals surface area contributed by atoms with E-state index in [1.807, 2.05) is 0 Å². The van der Waals surface area contributed by atoms with Gasteiger partial charge in [0.15, 0.2) is 11.8 Å². The van der Waals surface area contributed by atoms with Gasteiger partial charge in [-0.3, -0.25) is 14.4 Å². The predicted octanol–water partition coefficient (Wildman–Crippen LogP) is 1.28. The summed E-state index contributed by atoms with van der Waals surface area (Å²) in [5.41, 5.74) is 0.549. The van der Waals surface area contributed by atoms with Gasteiger partial charge in [0.1, 0.15) is 30.7 Å². The molecule has 46 heavy (non-hydrogen) atoms. The minimum Gasteiger partial charge on any atom is -0.497 e. The van der Waals surface area contributed by atoms with Crippen molar-refractivity contribution in [1.82, 2.24) is 15.5 Å². The zero-order chi connectivity index (χ0) is 34.0. The van der Waals surface area contributed by atoms with Crippen LogP contribution >= 0.6 is 0 Å². The number of nitrogens with zero attached hydrogens (tertiary/aromatic N) is 2. The summed E-state index contributed by atoms with van der Waals surface area (Å²) in [5.74, 6) is -4.57. The number of rotatable bonds is 14. The molecule has 0 bridgehead atoms. The van der Waals surface area contributed by atoms with Crippen molar-refractivity contribution in [2.45, 2.75) is 30.7 Å². The van der Waals surface area contributed by atoms with Gasteiger partial charge in [0.25, 0.3) is 5.91 Å². The molecular weight excluding hydrogens is 621 g/mol. The maximum Gasteiger partial charge on any atom is 0.471 e. The maximum atomic E-state index is 13.1. The maximum absolute atomic E-state index is 13.1. The van der Waals surface area contributed by atoms with Gasteiger partial charge in [0.05, 0.1) is 34.5 Å². The van der Waals surface area contributed by atoms with E-state index >= 15 is 0 Å². The molecular formula is C29H31F3N4O10. The third-order valence-electron chi connectivity index (χ3n) is 6.68. The standard InChI is InChI=1S/C29H31F3N4O10/c1-42-18-9-7-17(8-10-18)23(27(40)44-3)36-15-21(25(36)38)33-24(37)22(35-45-4)16-5-11-19(12-6-16)46-14-13-20(26(39)43-2)34-28(41)29(30,31)32/h5-12,20-21,23H,13-15H2,1-4H3,(H,33,37)(H,34,41). The molecule has 17 heteroatoms. The number of hydrogen-bond donors (Lipinski definition) is 2. The van der Waals surface area contributed by atoms with Crippen LogP contribution in [0.4, 0.5) is 13.2 Å². The first-order valence-electron chi connectivity index (χ1n) is 13.5. The number of esters is 2. The lowest BCUT2D eigenvalue weighted by molar-refractivity contribution is -0.175. The Morgan fingerprint density at radius 1 is 0.935 bits per heavy atom. The first kappa shape index (κ1) is 35.1. The number of halogens is 3. The Morgan fingerprint density at radius 2 is 1.54 bits per heavy atom. The van der Waals surface area contributed by atoms with Crippen molar-refractivity contribution in [2.24, 2.45) is 5.16 Å². The fourth-order valence-electron chi connectivity index (χ4n) is 4.31. The number of carbonyl (C=O) groups excluding carboxylic acids is 5. The molecule has 3 amide bonds. The second-order valence-corrected chi connectivity index (χ2v) is 9.55. The second kappa shape index (κ2) is 15.6. The molecule has 1 aliphatic heterocycles. The summed E-state index contributed by atoms with van der Waals surface area (Å²) in [5, 5.41) is 7.87. The van der Waals surface area contributed by atoms with E-state index in [2.05, 4.69) is 15.2 Å². The van der Waals surface area contributed by atoms with Gasteiger partial charge in [-0.2, -0.15) is 13.2 Å². The Morgan fingerprint density at radius 3 is 2.07 bits per heavy atom. The quantitative estimate of drug-likeness (QED) is 0.131. The van der Waals surface area contributed by atoms with Crippen molar-refractivity contribution in [3.05, 3.63) is 59.7 Å². The van der Waals surface area contributed by atoms with E-state index < -0.39 is 54.0 Å². The molecule has 3 atom stereocenters. The van der Waals surface area contributed by atoms with E-state index in [0.29, 0.717) is 11.3 Å². The predicted molar refractivity (Wildman–Crippen MR) is 151 cm³/mol. The third kappa shape index (κ3) is 8.64. The van der Waals surface area contributed by atoms with Crippen molar-refractivity contribution in [3.8, 4) is 11.5 Å². The summed E-state index contributed by atoms with van der Waals surface area (Å²) < 4.78 is 57.7. The van der Waals surface area contributed by atoms with E-state index in [9.17, 15) is 37.1 Å². The van der Waals surface area contributed by atoms with E-state index in [-0.39, 0.29) is 36.6 Å². The van der Waals surface area contributed by atoms with Gasteiger partial charge in [0.2, 0.25) is 5.91 Å². The van der Waals surface area contributed by atoms with Crippen LogP contribution in [0.1, 0.15) is 23.6 Å². The van der Waals surface area contributed by atoms with Crippen LogP contribution in [0.25, 0.3) is 0 Å². The van der Waals surface area contributed by atoms with Crippen LogP contribution in [-0.2, 0) is 38.3 Å². The lowest BCUT2D eigenvalue weighted by Crippen LogP contribution is -2.66. The van der Waals surface area contributed by atoms with Gasteiger partial charge in [-0.1, -0.05) is 17.3 Å². The van der Waals surface area contributed by atoms with Crippen molar-refractivity contribution in [2.75, 3.05) is 41.6 Å². The molecule has 3 unspecified atom stereocenters. The molecule has 3 rings (SSSR count). The number of benzene rings is 2. The minimum atomic E-state index is -5.19. The van der Waals surface area contributed by atoms with Crippen LogP contribution in [0.3, 0.4) is 0 Å². The topological polar surface area (TPSA) is 171 Å². The van der Waals surface area contributed by atoms with Crippen molar-refractivity contribution in [3.63, 3.8) is 0 Å². The lowest BCUT2D eigenvalue weighted by Gasteiger charge is -2.42. The van der Waals surface area contributed by atoms with Gasteiger partial charge < -0.3 is 39.3 Å². The first-order chi connectivity index (χ1) is 21.8. The Balaban J connectivity index is 1.62. The average molecular weight is 653 g/mol. The Hall–Kier alpha value is -5.35. The average Bonchev–Trinajstić information content (AvgIpc) is 3.05. The first-order valence-corrected chi connectivity index (χ1v) is 13.5. The largest absolute Gasteiger partial charge is 0.497 e. The molecule has 2 aromatic rings. The zero-order valence-corrected chi connectivity index (χ0v) is 25.1. The van der Waals surface area contributed by atoms with Crippen molar-refractivity contribution < 1.29 is 60.9 Å². The molecule has 248 valence electrons. The van der Waals surface area contributed by atoms with Gasteiger partial charge >= 0.3 is 24.0 Å². The molecule has 0 spiro atoms. The summed E-state index contributed by atoms with van der Waals surface area (Å²) in [7, 11) is 4.86. The zero-order valence-electron chi connectivity index (χ0n) is 25.1. The fourth-order valence-corrected chi connectivity index (χ4v) is 4.31. The van der Waals surface area contributed by atoms with Crippen molar-refractivity contribution >= 4 is 35.4 Å². The number of β-lactam (4-membered cyclic amide) rings is 1. The number of methoxy groups -OCH3 is 3. The number of alkyl halides is 3. The number of nitrogens with one attached hydrogen (secondary N) is 2. The summed E-state index contributed by atoms with van der Waals surface area (Å²) in [6.07, 6.45) is -5.53. The number of hydrogen-bond acceptors (Lipinski definition) is 11. The van der Waals surface area contributed by atoms with Crippen LogP contribution in [-0.4, -0.2) is 100 Å². The lowest BCUT2D eigenvalue weighted by atomic mass is 9.97. The van der Waals surface area contributed by atoms with Gasteiger partial charge in [-0.05, 0) is 42.0 Å². The van der Waals surface area contributed by atoms with Crippen LogP contribution in [0.5, 0.6) is 11.5 Å². The third-order valence-corrected chi connectivity index (χ3v) is 6.68. The molecule has 0 radical (unpaired) electrons. The molecule has 0 aliphatic carbocycles. The summed E-state index contributed by atoms with van der Waals surface area (Å²) >= 11 is 0. The highest BCUT2D eigenvalue weighted by molar-refractivity contribution is 6.45. The Kier molecular flexibility index (Phi) is 11.9. The number of carbonyl (C=O) groups is 5. The SMILES string of the molecule is CON=C(C(=O)NC1CN(C(C(=O)OC)c2ccc(OC)cc2)C1=O)c1ccc(OCCC(NC(=O)C(F)(F)F)C(=O)OC)cc1. The van der Waals surface area contributed by atoms with Crippen LogP contribution < -0.4 is 20.1 Å². The van der Waals surface area contributed by atoms with E-state index in [4.69, 9.17) is 19.0 Å². The minimum absolute atomic E-state index is 0.000593. The molecule has 2 N–H and O–H groups in total. The summed E-state index contributed by atoms with van der Waals surface area (Å²) in [6, 6.07) is 8.60. The summed E-state index contributed by atoms with van der Waals surface area (Å²) in [6.45, 7) is -0.278. The van der Waals surface area contributed by atoms with Gasteiger partial charge in [-0.15, -0.1) is 0 Å². The summed E-state index contributed by atoms with van der Waals surface area (Å²) in [4.78, 5) is 67.7. The normalized spacial score (nSPS) is 15.9. The van der Waals surface area contributed by atoms with E-state index in [1.54, 1.807) is 29.6 Å². The van der Waals surface area contributed by atoms with Gasteiger partial charge in [-0.25, -0.2) is 9.59 Å². The Bertz CT molecular complexity index is 1450. The van der Waals surface area contributed by atoms with Gasteiger partial charge in [0, 0.05) is 12.0 Å². The highest BCUT2D eigenvalue weighted by Crippen LogP contribution is 2.29. The molecule has 1 aliphatic rings. The molecule has 1 saturated heterocycles. The molecule has 1 fully saturated rings. The van der Waals surface area contributed by atoms with E-state index in [1.165, 1.54) is 50.5 Å². The Labute approximate surface area is 260 Å². The van der Waals surface area contributed by atoms with Crippen LogP contribution in [0.2, 0.25) is 0 Å². The molecule has 1 heterocycles. The molecule has 2 aromatic carbocycles. The molecule has 0 aromatic heterocycles. The van der Waals surface area contributed by atoms with Crippen LogP contribution in [0, 0.1) is 0 Å². The fraction of sp³-hybridized carbons (Fsp3) is 0.379. The molecule has 0 saturated carbocycles. The van der Waals surface area contributed by atoms with E-state index in [0.717, 1.165) is 7.11 Å². The number of amides is 3. The second-order valence-electron chi connectivity index (χ2n) is 9.55. The number of oxime groups is 1. The number of likely N-dealkylation sites (tertiary alicyclic amines) is 1.